The van der Waals surface area contributed by atoms with Crippen LogP contribution in [0.5, 0.6) is 0 Å². The molecule has 0 saturated carbocycles. The number of likely N-dealkylation sites (tertiary alicyclic amines) is 1. The highest BCUT2D eigenvalue weighted by Gasteiger charge is 2.34. The molecule has 1 fully saturated rings. The molecule has 0 radical (unpaired) electrons. The Morgan fingerprint density at radius 1 is 1.28 bits per heavy atom. The Bertz CT molecular complexity index is 607. The maximum atomic E-state index is 12.6. The van der Waals surface area contributed by atoms with Crippen LogP contribution < -0.4 is 5.32 Å². The molecule has 1 aliphatic rings. The van der Waals surface area contributed by atoms with Crippen molar-refractivity contribution in [1.82, 2.24) is 10.2 Å². The van der Waals surface area contributed by atoms with Gasteiger partial charge >= 0.3 is 6.09 Å². The number of aryl methyl sites for hydroxylation is 1. The lowest BCUT2D eigenvalue weighted by molar-refractivity contribution is -0.127. The van der Waals surface area contributed by atoms with E-state index in [2.05, 4.69) is 30.4 Å². The van der Waals surface area contributed by atoms with Crippen molar-refractivity contribution in [2.75, 3.05) is 13.1 Å². The molecule has 0 unspecified atom stereocenters. The normalized spacial score (nSPS) is 17.9. The van der Waals surface area contributed by atoms with Crippen LogP contribution in [-0.4, -0.2) is 41.6 Å². The highest BCUT2D eigenvalue weighted by atomic mass is 16.6. The van der Waals surface area contributed by atoms with Gasteiger partial charge in [-0.05, 0) is 58.9 Å². The van der Waals surface area contributed by atoms with Crippen LogP contribution in [-0.2, 0) is 16.0 Å². The zero-order valence-electron chi connectivity index (χ0n) is 15.8. The van der Waals surface area contributed by atoms with E-state index in [0.29, 0.717) is 19.5 Å². The van der Waals surface area contributed by atoms with Crippen molar-refractivity contribution in [3.8, 4) is 0 Å². The van der Waals surface area contributed by atoms with Crippen molar-refractivity contribution in [3.63, 3.8) is 0 Å². The Balaban J connectivity index is 1.90. The molecule has 0 aliphatic carbocycles. The van der Waals surface area contributed by atoms with Crippen LogP contribution in [0.25, 0.3) is 0 Å². The van der Waals surface area contributed by atoms with Gasteiger partial charge in [0, 0.05) is 13.1 Å². The molecule has 0 aromatic heterocycles. The van der Waals surface area contributed by atoms with Gasteiger partial charge in [0.15, 0.2) is 0 Å². The largest absolute Gasteiger partial charge is 0.444 e. The molecular formula is C20H30N2O3. The zero-order valence-corrected chi connectivity index (χ0v) is 15.8. The Labute approximate surface area is 150 Å². The second-order valence-corrected chi connectivity index (χ2v) is 7.72. The van der Waals surface area contributed by atoms with E-state index in [4.69, 9.17) is 4.74 Å². The molecule has 0 spiro atoms. The predicted molar refractivity (Wildman–Crippen MR) is 98.5 cm³/mol. The summed E-state index contributed by atoms with van der Waals surface area (Å²) in [5, 5.41) is 2.98. The lowest BCUT2D eigenvalue weighted by Gasteiger charge is -2.35. The second-order valence-electron chi connectivity index (χ2n) is 7.72. The van der Waals surface area contributed by atoms with E-state index in [9.17, 15) is 9.59 Å². The SMILES string of the molecule is Cc1cccc(CCNC(=O)[C@H]2CCCCN2C(=O)OC(C)(C)C)c1. The number of hydrogen-bond acceptors (Lipinski definition) is 3. The summed E-state index contributed by atoms with van der Waals surface area (Å²) in [6, 6.07) is 7.84. The Kier molecular flexibility index (Phi) is 6.45. The van der Waals surface area contributed by atoms with Gasteiger partial charge in [0.2, 0.25) is 5.91 Å². The first-order valence-electron chi connectivity index (χ1n) is 9.09. The van der Waals surface area contributed by atoms with Gasteiger partial charge in [0.25, 0.3) is 0 Å². The van der Waals surface area contributed by atoms with Crippen LogP contribution in [0, 0.1) is 6.92 Å². The molecule has 0 bridgehead atoms. The van der Waals surface area contributed by atoms with Crippen molar-refractivity contribution in [2.45, 2.75) is 65.0 Å². The molecule has 5 heteroatoms. The molecule has 2 amide bonds. The van der Waals surface area contributed by atoms with Gasteiger partial charge in [0.1, 0.15) is 11.6 Å². The quantitative estimate of drug-likeness (QED) is 0.908. The summed E-state index contributed by atoms with van der Waals surface area (Å²) in [5.74, 6) is -0.0850. The van der Waals surface area contributed by atoms with Crippen molar-refractivity contribution < 1.29 is 14.3 Å². The van der Waals surface area contributed by atoms with Crippen molar-refractivity contribution >= 4 is 12.0 Å². The van der Waals surface area contributed by atoms with Gasteiger partial charge < -0.3 is 10.1 Å². The van der Waals surface area contributed by atoms with E-state index >= 15 is 0 Å². The number of nitrogens with zero attached hydrogens (tertiary/aromatic N) is 1. The second kappa shape index (κ2) is 8.37. The third kappa shape index (κ3) is 6.07. The van der Waals surface area contributed by atoms with Crippen molar-refractivity contribution in [3.05, 3.63) is 35.4 Å². The fourth-order valence-electron chi connectivity index (χ4n) is 3.06. The van der Waals surface area contributed by atoms with Gasteiger partial charge in [-0.3, -0.25) is 9.69 Å². The summed E-state index contributed by atoms with van der Waals surface area (Å²) in [5.41, 5.74) is 1.86. The molecule has 138 valence electrons. The number of ether oxygens (including phenoxy) is 1. The summed E-state index contributed by atoms with van der Waals surface area (Å²) in [7, 11) is 0. The predicted octanol–water partition coefficient (Wildman–Crippen LogP) is 3.44. The third-order valence-electron chi connectivity index (χ3n) is 4.23. The number of carbonyl (C=O) groups excluding carboxylic acids is 2. The van der Waals surface area contributed by atoms with Crippen LogP contribution in [0.15, 0.2) is 24.3 Å². The van der Waals surface area contributed by atoms with E-state index < -0.39 is 17.7 Å². The molecule has 25 heavy (non-hydrogen) atoms. The van der Waals surface area contributed by atoms with Crippen LogP contribution in [0.1, 0.15) is 51.2 Å². The topological polar surface area (TPSA) is 58.6 Å². The molecule has 1 N–H and O–H groups in total. The molecule has 1 atom stereocenters. The first kappa shape index (κ1) is 19.3. The summed E-state index contributed by atoms with van der Waals surface area (Å²) in [4.78, 5) is 26.5. The van der Waals surface area contributed by atoms with Gasteiger partial charge in [-0.25, -0.2) is 4.79 Å². The van der Waals surface area contributed by atoms with E-state index in [1.54, 1.807) is 4.90 Å². The lowest BCUT2D eigenvalue weighted by atomic mass is 10.0. The summed E-state index contributed by atoms with van der Waals surface area (Å²) in [6.45, 7) is 8.72. The summed E-state index contributed by atoms with van der Waals surface area (Å²) >= 11 is 0. The fraction of sp³-hybridized carbons (Fsp3) is 0.600. The van der Waals surface area contributed by atoms with Gasteiger partial charge in [-0.15, -0.1) is 0 Å². The van der Waals surface area contributed by atoms with Crippen molar-refractivity contribution in [2.24, 2.45) is 0 Å². The van der Waals surface area contributed by atoms with Gasteiger partial charge in [0.05, 0.1) is 0 Å². The van der Waals surface area contributed by atoms with E-state index in [0.717, 1.165) is 19.3 Å². The number of nitrogens with one attached hydrogen (secondary N) is 1. The fourth-order valence-corrected chi connectivity index (χ4v) is 3.06. The van der Waals surface area contributed by atoms with Crippen LogP contribution in [0.4, 0.5) is 4.79 Å². The number of amides is 2. The molecule has 1 aromatic rings. The van der Waals surface area contributed by atoms with Gasteiger partial charge in [-0.1, -0.05) is 29.8 Å². The minimum Gasteiger partial charge on any atom is -0.444 e. The van der Waals surface area contributed by atoms with Crippen LogP contribution >= 0.6 is 0 Å². The Morgan fingerprint density at radius 2 is 2.04 bits per heavy atom. The number of carbonyl (C=O) groups is 2. The highest BCUT2D eigenvalue weighted by Crippen LogP contribution is 2.20. The van der Waals surface area contributed by atoms with Crippen molar-refractivity contribution in [1.29, 1.82) is 0 Å². The first-order valence-corrected chi connectivity index (χ1v) is 9.09. The number of piperidine rings is 1. The monoisotopic (exact) mass is 346 g/mol. The average molecular weight is 346 g/mol. The smallest absolute Gasteiger partial charge is 0.410 e. The molecule has 1 aliphatic heterocycles. The lowest BCUT2D eigenvalue weighted by Crippen LogP contribution is -2.53. The number of hydrogen-bond donors (Lipinski definition) is 1. The third-order valence-corrected chi connectivity index (χ3v) is 4.23. The molecule has 5 nitrogen and oxygen atoms in total. The first-order chi connectivity index (χ1) is 11.8. The maximum absolute atomic E-state index is 12.6. The summed E-state index contributed by atoms with van der Waals surface area (Å²) in [6.07, 6.45) is 2.94. The van der Waals surface area contributed by atoms with Crippen LogP contribution in [0.3, 0.4) is 0 Å². The molecule has 2 rings (SSSR count). The van der Waals surface area contributed by atoms with E-state index in [-0.39, 0.29) is 5.91 Å². The highest BCUT2D eigenvalue weighted by molar-refractivity contribution is 5.85. The average Bonchev–Trinajstić information content (AvgIpc) is 2.53. The molecule has 1 heterocycles. The molecule has 1 aromatic carbocycles. The minimum absolute atomic E-state index is 0.0850. The Morgan fingerprint density at radius 3 is 2.72 bits per heavy atom. The Hall–Kier alpha value is -2.04. The standard InChI is InChI=1S/C20H30N2O3/c1-15-8-7-9-16(14-15)11-12-21-18(23)17-10-5-6-13-22(17)19(24)25-20(2,3)4/h7-9,14,17H,5-6,10-13H2,1-4H3,(H,21,23)/t17-/m1/s1. The van der Waals surface area contributed by atoms with E-state index in [1.807, 2.05) is 26.8 Å². The molecular weight excluding hydrogens is 316 g/mol. The summed E-state index contributed by atoms with van der Waals surface area (Å²) < 4.78 is 5.45. The van der Waals surface area contributed by atoms with Crippen LogP contribution in [0.2, 0.25) is 0 Å². The molecule has 1 saturated heterocycles. The van der Waals surface area contributed by atoms with E-state index in [1.165, 1.54) is 11.1 Å². The zero-order chi connectivity index (χ0) is 18.4. The number of rotatable bonds is 4. The maximum Gasteiger partial charge on any atom is 0.410 e. The van der Waals surface area contributed by atoms with Gasteiger partial charge in [-0.2, -0.15) is 0 Å². The number of benzene rings is 1. The minimum atomic E-state index is -0.555.